The van der Waals surface area contributed by atoms with Gasteiger partial charge in [0.05, 0.1) is 22.9 Å². The Morgan fingerprint density at radius 1 is 1.47 bits per heavy atom. The fourth-order valence-electron chi connectivity index (χ4n) is 1.70. The first kappa shape index (κ1) is 13.3. The molecule has 0 aliphatic heterocycles. The van der Waals surface area contributed by atoms with Gasteiger partial charge in [-0.1, -0.05) is 23.7 Å². The van der Waals surface area contributed by atoms with Crippen molar-refractivity contribution in [1.29, 1.82) is 0 Å². The normalized spacial score (nSPS) is 10.2. The van der Waals surface area contributed by atoms with Crippen LogP contribution in [0.4, 0.5) is 5.69 Å². The molecule has 2 N–H and O–H groups in total. The number of nitrogens with one attached hydrogen (secondary N) is 1. The number of aryl methyl sites for hydroxylation is 1. The standard InChI is InChI=1S/C13H12ClN3O2/c1-8-3-2-4-10(14)12(8)16-6-11-9(13(18)19)5-15-7-17-11/h2-5,7,16H,6H2,1H3,(H,18,19). The Morgan fingerprint density at radius 2 is 2.26 bits per heavy atom. The van der Waals surface area contributed by atoms with E-state index in [2.05, 4.69) is 15.3 Å². The van der Waals surface area contributed by atoms with Gasteiger partial charge in [0.25, 0.3) is 0 Å². The largest absolute Gasteiger partial charge is 0.478 e. The second kappa shape index (κ2) is 5.67. The van der Waals surface area contributed by atoms with E-state index in [1.807, 2.05) is 19.1 Å². The van der Waals surface area contributed by atoms with Crippen LogP contribution >= 0.6 is 11.6 Å². The number of rotatable bonds is 4. The van der Waals surface area contributed by atoms with Crippen LogP contribution in [-0.4, -0.2) is 21.0 Å². The minimum Gasteiger partial charge on any atom is -0.478 e. The van der Waals surface area contributed by atoms with Crippen molar-refractivity contribution < 1.29 is 9.90 Å². The Bertz CT molecular complexity index is 596. The highest BCUT2D eigenvalue weighted by Gasteiger charge is 2.12. The van der Waals surface area contributed by atoms with Gasteiger partial charge in [-0.15, -0.1) is 0 Å². The van der Waals surface area contributed by atoms with Crippen molar-refractivity contribution in [2.75, 3.05) is 5.32 Å². The van der Waals surface area contributed by atoms with E-state index < -0.39 is 5.97 Å². The highest BCUT2D eigenvalue weighted by molar-refractivity contribution is 6.33. The molecule has 5 nitrogen and oxygen atoms in total. The van der Waals surface area contributed by atoms with E-state index in [9.17, 15) is 4.79 Å². The summed E-state index contributed by atoms with van der Waals surface area (Å²) in [6.45, 7) is 2.20. The first-order valence-corrected chi connectivity index (χ1v) is 5.98. The zero-order valence-corrected chi connectivity index (χ0v) is 11.0. The molecule has 0 saturated carbocycles. The molecule has 0 spiro atoms. The molecule has 98 valence electrons. The van der Waals surface area contributed by atoms with E-state index in [1.54, 1.807) is 6.07 Å². The lowest BCUT2D eigenvalue weighted by molar-refractivity contribution is 0.0694. The Labute approximate surface area is 115 Å². The molecular weight excluding hydrogens is 266 g/mol. The molecule has 0 saturated heterocycles. The third-order valence-corrected chi connectivity index (χ3v) is 2.99. The van der Waals surface area contributed by atoms with Crippen molar-refractivity contribution in [3.8, 4) is 0 Å². The molecule has 0 unspecified atom stereocenters. The molecule has 1 aromatic heterocycles. The maximum Gasteiger partial charge on any atom is 0.339 e. The summed E-state index contributed by atoms with van der Waals surface area (Å²) in [6.07, 6.45) is 2.61. The topological polar surface area (TPSA) is 75.1 Å². The molecular formula is C13H12ClN3O2. The summed E-state index contributed by atoms with van der Waals surface area (Å²) in [5.74, 6) is -1.05. The van der Waals surface area contributed by atoms with Gasteiger partial charge in [-0.2, -0.15) is 0 Å². The molecule has 2 rings (SSSR count). The fraction of sp³-hybridized carbons (Fsp3) is 0.154. The Morgan fingerprint density at radius 3 is 2.95 bits per heavy atom. The van der Waals surface area contributed by atoms with E-state index in [0.717, 1.165) is 11.3 Å². The van der Waals surface area contributed by atoms with Crippen LogP contribution in [0, 0.1) is 6.92 Å². The number of hydrogen-bond donors (Lipinski definition) is 2. The lowest BCUT2D eigenvalue weighted by Crippen LogP contribution is -2.10. The fourth-order valence-corrected chi connectivity index (χ4v) is 1.99. The van der Waals surface area contributed by atoms with Crippen LogP contribution in [0.15, 0.2) is 30.7 Å². The Hall–Kier alpha value is -2.14. The van der Waals surface area contributed by atoms with Crippen molar-refractivity contribution in [1.82, 2.24) is 9.97 Å². The first-order valence-electron chi connectivity index (χ1n) is 5.60. The van der Waals surface area contributed by atoms with Crippen molar-refractivity contribution in [2.45, 2.75) is 13.5 Å². The molecule has 1 heterocycles. The first-order chi connectivity index (χ1) is 9.09. The van der Waals surface area contributed by atoms with E-state index >= 15 is 0 Å². The van der Waals surface area contributed by atoms with E-state index in [-0.39, 0.29) is 12.1 Å². The zero-order valence-electron chi connectivity index (χ0n) is 10.2. The van der Waals surface area contributed by atoms with Crippen molar-refractivity contribution in [2.24, 2.45) is 0 Å². The third kappa shape index (κ3) is 3.00. The van der Waals surface area contributed by atoms with Crippen LogP contribution in [0.5, 0.6) is 0 Å². The van der Waals surface area contributed by atoms with Crippen LogP contribution in [-0.2, 0) is 6.54 Å². The summed E-state index contributed by atoms with van der Waals surface area (Å²) in [7, 11) is 0. The average molecular weight is 278 g/mol. The summed E-state index contributed by atoms with van der Waals surface area (Å²) >= 11 is 6.09. The molecule has 0 atom stereocenters. The smallest absolute Gasteiger partial charge is 0.339 e. The number of carbonyl (C=O) groups is 1. The van der Waals surface area contributed by atoms with Crippen LogP contribution < -0.4 is 5.32 Å². The second-order valence-corrected chi connectivity index (χ2v) is 4.38. The van der Waals surface area contributed by atoms with Gasteiger partial charge in [-0.3, -0.25) is 0 Å². The molecule has 2 aromatic rings. The zero-order chi connectivity index (χ0) is 13.8. The average Bonchev–Trinajstić information content (AvgIpc) is 2.38. The van der Waals surface area contributed by atoms with Gasteiger partial charge in [0.1, 0.15) is 11.9 Å². The molecule has 0 radical (unpaired) electrons. The number of halogens is 1. The molecule has 6 heteroatoms. The maximum atomic E-state index is 11.0. The number of aromatic nitrogens is 2. The van der Waals surface area contributed by atoms with Gasteiger partial charge in [-0.25, -0.2) is 14.8 Å². The molecule has 0 aliphatic carbocycles. The Kier molecular flexibility index (Phi) is 3.97. The number of anilines is 1. The molecule has 0 amide bonds. The minimum atomic E-state index is -1.05. The summed E-state index contributed by atoms with van der Waals surface area (Å²) in [5.41, 5.74) is 2.26. The monoisotopic (exact) mass is 277 g/mol. The second-order valence-electron chi connectivity index (χ2n) is 3.97. The molecule has 19 heavy (non-hydrogen) atoms. The van der Waals surface area contributed by atoms with Crippen LogP contribution in [0.25, 0.3) is 0 Å². The van der Waals surface area contributed by atoms with Gasteiger partial charge in [-0.05, 0) is 18.6 Å². The van der Waals surface area contributed by atoms with Crippen LogP contribution in [0.1, 0.15) is 21.6 Å². The number of nitrogens with zero attached hydrogens (tertiary/aromatic N) is 2. The summed E-state index contributed by atoms with van der Waals surface area (Å²) in [4.78, 5) is 18.7. The third-order valence-electron chi connectivity index (χ3n) is 2.68. The molecule has 0 aliphatic rings. The lowest BCUT2D eigenvalue weighted by atomic mass is 10.2. The maximum absolute atomic E-state index is 11.0. The van der Waals surface area contributed by atoms with Crippen molar-refractivity contribution in [3.63, 3.8) is 0 Å². The predicted molar refractivity (Wildman–Crippen MR) is 72.5 cm³/mol. The molecule has 0 fully saturated rings. The van der Waals surface area contributed by atoms with Gasteiger partial charge in [0.2, 0.25) is 0 Å². The quantitative estimate of drug-likeness (QED) is 0.899. The minimum absolute atomic E-state index is 0.0831. The lowest BCUT2D eigenvalue weighted by Gasteiger charge is -2.11. The van der Waals surface area contributed by atoms with Gasteiger partial charge in [0.15, 0.2) is 0 Å². The highest BCUT2D eigenvalue weighted by atomic mass is 35.5. The van der Waals surface area contributed by atoms with E-state index in [0.29, 0.717) is 10.7 Å². The summed E-state index contributed by atoms with van der Waals surface area (Å²) in [6, 6.07) is 5.55. The predicted octanol–water partition coefficient (Wildman–Crippen LogP) is 2.75. The van der Waals surface area contributed by atoms with Crippen LogP contribution in [0.2, 0.25) is 5.02 Å². The highest BCUT2D eigenvalue weighted by Crippen LogP contribution is 2.25. The van der Waals surface area contributed by atoms with E-state index in [4.69, 9.17) is 16.7 Å². The van der Waals surface area contributed by atoms with Gasteiger partial charge >= 0.3 is 5.97 Å². The Balaban J connectivity index is 2.22. The molecule has 0 bridgehead atoms. The van der Waals surface area contributed by atoms with Crippen LogP contribution in [0.3, 0.4) is 0 Å². The van der Waals surface area contributed by atoms with E-state index in [1.165, 1.54) is 12.5 Å². The SMILES string of the molecule is Cc1cccc(Cl)c1NCc1ncncc1C(=O)O. The van der Waals surface area contributed by atoms with Gasteiger partial charge in [0, 0.05) is 6.20 Å². The summed E-state index contributed by atoms with van der Waals surface area (Å²) in [5, 5.41) is 12.7. The van der Waals surface area contributed by atoms with Gasteiger partial charge < -0.3 is 10.4 Å². The van der Waals surface area contributed by atoms with Crippen molar-refractivity contribution >= 4 is 23.3 Å². The number of aromatic carboxylic acids is 1. The summed E-state index contributed by atoms with van der Waals surface area (Å²) < 4.78 is 0. The number of para-hydroxylation sites is 1. The number of benzene rings is 1. The van der Waals surface area contributed by atoms with Crippen molar-refractivity contribution in [3.05, 3.63) is 52.6 Å². The molecule has 1 aromatic carbocycles. The number of hydrogen-bond acceptors (Lipinski definition) is 4. The number of carboxylic acid groups (broad SMARTS) is 1. The number of carboxylic acids is 1.